The molecule has 120 valence electrons. The van der Waals surface area contributed by atoms with E-state index in [2.05, 4.69) is 12.2 Å². The SMILES string of the molecule is CCCCCC(=O)N[C@@H]1CC2(C[C@@H]1C(=O)OC)SCCS2. The predicted octanol–water partition coefficient (Wildman–Crippen LogP) is 2.81. The summed E-state index contributed by atoms with van der Waals surface area (Å²) in [5.74, 6) is 1.97. The maximum Gasteiger partial charge on any atom is 0.310 e. The second kappa shape index (κ2) is 7.77. The Hall–Kier alpha value is -0.360. The third-order valence-electron chi connectivity index (χ3n) is 4.22. The number of hydrogen-bond donors (Lipinski definition) is 1. The zero-order valence-corrected chi connectivity index (χ0v) is 14.5. The molecule has 0 bridgehead atoms. The van der Waals surface area contributed by atoms with Gasteiger partial charge in [0.25, 0.3) is 0 Å². The van der Waals surface area contributed by atoms with Gasteiger partial charge in [0.2, 0.25) is 5.91 Å². The summed E-state index contributed by atoms with van der Waals surface area (Å²) in [4.78, 5) is 24.1. The second-order valence-corrected chi connectivity index (χ2v) is 8.99. The molecule has 2 atom stereocenters. The van der Waals surface area contributed by atoms with Crippen molar-refractivity contribution in [3.8, 4) is 0 Å². The Morgan fingerprint density at radius 1 is 1.24 bits per heavy atom. The third-order valence-corrected chi connectivity index (χ3v) is 7.72. The molecule has 0 unspecified atom stereocenters. The van der Waals surface area contributed by atoms with E-state index in [0.29, 0.717) is 6.42 Å². The van der Waals surface area contributed by atoms with Crippen LogP contribution in [0.25, 0.3) is 0 Å². The lowest BCUT2D eigenvalue weighted by molar-refractivity contribution is -0.146. The maximum atomic E-state index is 12.1. The van der Waals surface area contributed by atoms with Crippen molar-refractivity contribution in [2.24, 2.45) is 5.92 Å². The van der Waals surface area contributed by atoms with Crippen LogP contribution in [0.2, 0.25) is 0 Å². The molecule has 1 spiro atoms. The quantitative estimate of drug-likeness (QED) is 0.599. The van der Waals surface area contributed by atoms with Gasteiger partial charge in [0.15, 0.2) is 0 Å². The smallest absolute Gasteiger partial charge is 0.310 e. The van der Waals surface area contributed by atoms with Crippen molar-refractivity contribution >= 4 is 35.4 Å². The molecule has 1 aliphatic heterocycles. The van der Waals surface area contributed by atoms with Crippen LogP contribution in [0.3, 0.4) is 0 Å². The van der Waals surface area contributed by atoms with Gasteiger partial charge < -0.3 is 10.1 Å². The molecule has 1 amide bonds. The van der Waals surface area contributed by atoms with Crippen LogP contribution in [0.1, 0.15) is 45.4 Å². The highest BCUT2D eigenvalue weighted by Crippen LogP contribution is 2.56. The highest BCUT2D eigenvalue weighted by molar-refractivity contribution is 8.21. The number of amides is 1. The predicted molar refractivity (Wildman–Crippen MR) is 88.5 cm³/mol. The number of esters is 1. The summed E-state index contributed by atoms with van der Waals surface area (Å²) in [5.41, 5.74) is 0. The normalized spacial score (nSPS) is 27.0. The van der Waals surface area contributed by atoms with E-state index in [1.807, 2.05) is 23.5 Å². The molecule has 0 aromatic rings. The first kappa shape index (κ1) is 17.0. The first-order chi connectivity index (χ1) is 10.1. The van der Waals surface area contributed by atoms with Crippen molar-refractivity contribution in [1.82, 2.24) is 5.32 Å². The maximum absolute atomic E-state index is 12.1. The Kier molecular flexibility index (Phi) is 6.29. The fourth-order valence-corrected chi connectivity index (χ4v) is 6.57. The van der Waals surface area contributed by atoms with Gasteiger partial charge in [0.05, 0.1) is 17.1 Å². The summed E-state index contributed by atoms with van der Waals surface area (Å²) < 4.78 is 5.05. The molecule has 1 saturated heterocycles. The van der Waals surface area contributed by atoms with E-state index in [-0.39, 0.29) is 27.9 Å². The Morgan fingerprint density at radius 3 is 2.57 bits per heavy atom. The van der Waals surface area contributed by atoms with Gasteiger partial charge in [-0.1, -0.05) is 19.8 Å². The zero-order chi connectivity index (χ0) is 15.3. The van der Waals surface area contributed by atoms with Crippen LogP contribution >= 0.6 is 23.5 Å². The molecular weight excluding hydrogens is 306 g/mol. The first-order valence-corrected chi connectivity index (χ1v) is 9.72. The second-order valence-electron chi connectivity index (χ2n) is 5.78. The van der Waals surface area contributed by atoms with Crippen LogP contribution in [0.4, 0.5) is 0 Å². The van der Waals surface area contributed by atoms with Crippen molar-refractivity contribution < 1.29 is 14.3 Å². The monoisotopic (exact) mass is 331 g/mol. The van der Waals surface area contributed by atoms with Gasteiger partial charge in [-0.05, 0) is 19.3 Å². The summed E-state index contributed by atoms with van der Waals surface area (Å²) in [6, 6.07) is -0.0651. The molecule has 4 nitrogen and oxygen atoms in total. The molecule has 0 radical (unpaired) electrons. The van der Waals surface area contributed by atoms with Crippen molar-refractivity contribution in [3.05, 3.63) is 0 Å². The molecule has 21 heavy (non-hydrogen) atoms. The van der Waals surface area contributed by atoms with E-state index in [1.165, 1.54) is 7.11 Å². The highest BCUT2D eigenvalue weighted by Gasteiger charge is 2.51. The molecule has 2 rings (SSSR count). The molecule has 6 heteroatoms. The Labute approximate surface area is 135 Å². The van der Waals surface area contributed by atoms with Crippen LogP contribution < -0.4 is 5.32 Å². The average molecular weight is 332 g/mol. The molecule has 2 fully saturated rings. The molecule has 0 aromatic carbocycles. The summed E-state index contributed by atoms with van der Waals surface area (Å²) in [6.45, 7) is 2.13. The number of methoxy groups -OCH3 is 1. The van der Waals surface area contributed by atoms with E-state index >= 15 is 0 Å². The lowest BCUT2D eigenvalue weighted by Gasteiger charge is -2.20. The van der Waals surface area contributed by atoms with Crippen LogP contribution in [0, 0.1) is 5.92 Å². The van der Waals surface area contributed by atoms with Gasteiger partial charge in [-0.25, -0.2) is 0 Å². The number of carbonyl (C=O) groups excluding carboxylic acids is 2. The Bertz CT molecular complexity index is 383. The van der Waals surface area contributed by atoms with E-state index in [0.717, 1.165) is 43.6 Å². The molecule has 0 aromatic heterocycles. The fourth-order valence-electron chi connectivity index (χ4n) is 3.14. The van der Waals surface area contributed by atoms with Gasteiger partial charge in [0.1, 0.15) is 0 Å². The molecular formula is C15H25NO3S2. The molecule has 1 heterocycles. The molecule has 1 saturated carbocycles. The minimum atomic E-state index is -0.191. The van der Waals surface area contributed by atoms with Crippen LogP contribution in [-0.4, -0.2) is 40.6 Å². The number of ether oxygens (including phenoxy) is 1. The summed E-state index contributed by atoms with van der Waals surface area (Å²) >= 11 is 3.88. The van der Waals surface area contributed by atoms with Crippen LogP contribution in [0.15, 0.2) is 0 Å². The van der Waals surface area contributed by atoms with Gasteiger partial charge in [-0.15, -0.1) is 23.5 Å². The molecule has 1 N–H and O–H groups in total. The zero-order valence-electron chi connectivity index (χ0n) is 12.9. The first-order valence-electron chi connectivity index (χ1n) is 7.75. The number of nitrogens with one attached hydrogen (secondary N) is 1. The Balaban J connectivity index is 1.94. The van der Waals surface area contributed by atoms with E-state index in [1.54, 1.807) is 0 Å². The van der Waals surface area contributed by atoms with Crippen LogP contribution in [-0.2, 0) is 14.3 Å². The van der Waals surface area contributed by atoms with Gasteiger partial charge in [0, 0.05) is 24.0 Å². The number of carbonyl (C=O) groups is 2. The minimum absolute atomic E-state index is 0.0651. The average Bonchev–Trinajstić information content (AvgIpc) is 3.06. The van der Waals surface area contributed by atoms with Crippen molar-refractivity contribution in [2.75, 3.05) is 18.6 Å². The lowest BCUT2D eigenvalue weighted by Crippen LogP contribution is -2.40. The van der Waals surface area contributed by atoms with Crippen molar-refractivity contribution in [3.63, 3.8) is 0 Å². The molecule has 1 aliphatic carbocycles. The summed E-state index contributed by atoms with van der Waals surface area (Å²) in [5, 5.41) is 3.09. The largest absolute Gasteiger partial charge is 0.469 e. The summed E-state index contributed by atoms with van der Waals surface area (Å²) in [6.07, 6.45) is 5.36. The number of hydrogen-bond acceptors (Lipinski definition) is 5. The number of rotatable bonds is 6. The van der Waals surface area contributed by atoms with E-state index < -0.39 is 0 Å². The minimum Gasteiger partial charge on any atom is -0.469 e. The number of unbranched alkanes of at least 4 members (excludes halogenated alkanes) is 2. The highest BCUT2D eigenvalue weighted by atomic mass is 32.2. The standard InChI is InChI=1S/C15H25NO3S2/c1-3-4-5-6-13(17)16-12-10-15(20-7-8-21-15)9-11(12)14(18)19-2/h11-12H,3-10H2,1-2H3,(H,16,17)/t11-,12+/m0/s1. The van der Waals surface area contributed by atoms with Gasteiger partial charge >= 0.3 is 5.97 Å². The topological polar surface area (TPSA) is 55.4 Å². The third kappa shape index (κ3) is 4.31. The van der Waals surface area contributed by atoms with E-state index in [4.69, 9.17) is 4.74 Å². The van der Waals surface area contributed by atoms with Crippen LogP contribution in [0.5, 0.6) is 0 Å². The van der Waals surface area contributed by atoms with Crippen molar-refractivity contribution in [1.29, 1.82) is 0 Å². The Morgan fingerprint density at radius 2 is 1.95 bits per heavy atom. The fraction of sp³-hybridized carbons (Fsp3) is 0.867. The summed E-state index contributed by atoms with van der Waals surface area (Å²) in [7, 11) is 1.43. The van der Waals surface area contributed by atoms with E-state index in [9.17, 15) is 9.59 Å². The lowest BCUT2D eigenvalue weighted by atomic mass is 10.0. The molecule has 2 aliphatic rings. The van der Waals surface area contributed by atoms with Crippen molar-refractivity contribution in [2.45, 2.75) is 55.6 Å². The van der Waals surface area contributed by atoms with Gasteiger partial charge in [-0.2, -0.15) is 0 Å². The van der Waals surface area contributed by atoms with Gasteiger partial charge in [-0.3, -0.25) is 9.59 Å². The number of thioether (sulfide) groups is 2.